The normalized spacial score (nSPS) is 34.6. The highest BCUT2D eigenvalue weighted by Gasteiger charge is 2.49. The molecule has 0 aromatic heterocycles. The summed E-state index contributed by atoms with van der Waals surface area (Å²) in [7, 11) is -1.69. The summed E-state index contributed by atoms with van der Waals surface area (Å²) >= 11 is 0. The van der Waals surface area contributed by atoms with Crippen LogP contribution in [-0.2, 0) is 13.9 Å². The van der Waals surface area contributed by atoms with Crippen LogP contribution < -0.4 is 5.32 Å². The number of hydrogen-bond acceptors (Lipinski definition) is 4. The van der Waals surface area contributed by atoms with Crippen LogP contribution in [0.1, 0.15) is 34.6 Å². The molecule has 1 N–H and O–H groups in total. The summed E-state index contributed by atoms with van der Waals surface area (Å²) in [5.74, 6) is -0.452. The molecular weight excluding hydrogens is 258 g/mol. The van der Waals surface area contributed by atoms with Crippen molar-refractivity contribution in [3.8, 4) is 0 Å². The Morgan fingerprint density at radius 2 is 1.89 bits per heavy atom. The van der Waals surface area contributed by atoms with Crippen molar-refractivity contribution in [1.82, 2.24) is 5.32 Å². The maximum atomic E-state index is 6.30. The zero-order valence-corrected chi connectivity index (χ0v) is 14.4. The number of ether oxygens (including phenoxy) is 2. The lowest BCUT2D eigenvalue weighted by atomic mass is 10.1. The molecule has 0 saturated carbocycles. The number of rotatable bonds is 3. The molecule has 2 rings (SSSR count). The molecule has 0 aromatic rings. The van der Waals surface area contributed by atoms with Crippen molar-refractivity contribution in [2.24, 2.45) is 0 Å². The third-order valence-corrected chi connectivity index (χ3v) is 9.13. The van der Waals surface area contributed by atoms with E-state index in [1.165, 1.54) is 0 Å². The molecule has 2 heterocycles. The van der Waals surface area contributed by atoms with Gasteiger partial charge in [-0.1, -0.05) is 20.8 Å². The van der Waals surface area contributed by atoms with Crippen molar-refractivity contribution in [3.05, 3.63) is 0 Å². The van der Waals surface area contributed by atoms with Crippen LogP contribution >= 0.6 is 0 Å². The lowest BCUT2D eigenvalue weighted by molar-refractivity contribution is -0.153. The first-order chi connectivity index (χ1) is 8.52. The van der Waals surface area contributed by atoms with Gasteiger partial charge in [0.15, 0.2) is 14.1 Å². The SMILES string of the molecule is CC1(C)OC2CN[C@H](CO[Si](C)(C)C(C)(C)C)C2O1. The quantitative estimate of drug-likeness (QED) is 0.810. The molecule has 5 heteroatoms. The molecule has 0 spiro atoms. The van der Waals surface area contributed by atoms with Gasteiger partial charge in [-0.15, -0.1) is 0 Å². The fourth-order valence-electron chi connectivity index (χ4n) is 2.41. The van der Waals surface area contributed by atoms with Gasteiger partial charge in [0.2, 0.25) is 0 Å². The number of hydrogen-bond donors (Lipinski definition) is 1. The van der Waals surface area contributed by atoms with E-state index in [2.05, 4.69) is 39.2 Å². The summed E-state index contributed by atoms with van der Waals surface area (Å²) in [6.45, 7) is 16.9. The van der Waals surface area contributed by atoms with E-state index >= 15 is 0 Å². The second-order valence-electron chi connectivity index (χ2n) is 7.72. The van der Waals surface area contributed by atoms with Gasteiger partial charge in [-0.05, 0) is 32.0 Å². The fourth-order valence-corrected chi connectivity index (χ4v) is 3.44. The fraction of sp³-hybridized carbons (Fsp3) is 1.00. The monoisotopic (exact) mass is 287 g/mol. The van der Waals surface area contributed by atoms with E-state index in [0.29, 0.717) is 0 Å². The standard InChI is InChI=1S/C14H29NO3Si/c1-13(2,3)19(6,7)16-9-10-12-11(8-15-10)17-14(4,5)18-12/h10-12,15H,8-9H2,1-7H3/t10-,11?,12?/m1/s1. The predicted molar refractivity (Wildman–Crippen MR) is 78.8 cm³/mol. The Morgan fingerprint density at radius 1 is 1.26 bits per heavy atom. The summed E-state index contributed by atoms with van der Waals surface area (Å²) in [5.41, 5.74) is 0. The molecule has 3 atom stereocenters. The van der Waals surface area contributed by atoms with Crippen LogP contribution in [0.4, 0.5) is 0 Å². The zero-order valence-electron chi connectivity index (χ0n) is 13.4. The minimum absolute atomic E-state index is 0.125. The highest BCUT2D eigenvalue weighted by Crippen LogP contribution is 2.38. The van der Waals surface area contributed by atoms with E-state index in [-0.39, 0.29) is 23.3 Å². The summed E-state index contributed by atoms with van der Waals surface area (Å²) in [5, 5.41) is 3.71. The Bertz CT molecular complexity index is 338. The van der Waals surface area contributed by atoms with E-state index in [0.717, 1.165) is 13.2 Å². The maximum Gasteiger partial charge on any atom is 0.192 e. The van der Waals surface area contributed by atoms with Crippen molar-refractivity contribution in [1.29, 1.82) is 0 Å². The topological polar surface area (TPSA) is 39.7 Å². The van der Waals surface area contributed by atoms with Crippen LogP contribution in [0, 0.1) is 0 Å². The van der Waals surface area contributed by atoms with Crippen LogP contribution in [0.3, 0.4) is 0 Å². The van der Waals surface area contributed by atoms with E-state index < -0.39 is 14.1 Å². The summed E-state index contributed by atoms with van der Waals surface area (Å²) < 4.78 is 18.2. The molecule has 0 bridgehead atoms. The predicted octanol–water partition coefficient (Wildman–Crippen LogP) is 2.50. The van der Waals surface area contributed by atoms with Gasteiger partial charge in [-0.2, -0.15) is 0 Å². The first-order valence-corrected chi connectivity index (χ1v) is 10.2. The molecule has 0 aliphatic carbocycles. The van der Waals surface area contributed by atoms with Gasteiger partial charge in [-0.3, -0.25) is 0 Å². The van der Waals surface area contributed by atoms with Crippen LogP contribution in [0.25, 0.3) is 0 Å². The Morgan fingerprint density at radius 3 is 2.47 bits per heavy atom. The molecule has 0 radical (unpaired) electrons. The highest BCUT2D eigenvalue weighted by atomic mass is 28.4. The van der Waals surface area contributed by atoms with Gasteiger partial charge in [-0.25, -0.2) is 0 Å². The van der Waals surface area contributed by atoms with Gasteiger partial charge in [0.25, 0.3) is 0 Å². The van der Waals surface area contributed by atoms with E-state index in [9.17, 15) is 0 Å². The Balaban J connectivity index is 1.91. The van der Waals surface area contributed by atoms with Crippen LogP contribution in [0.5, 0.6) is 0 Å². The van der Waals surface area contributed by atoms with Crippen molar-refractivity contribution < 1.29 is 13.9 Å². The van der Waals surface area contributed by atoms with Crippen LogP contribution in [-0.4, -0.2) is 45.5 Å². The number of nitrogens with one attached hydrogen (secondary N) is 1. The minimum atomic E-state index is -1.69. The zero-order chi connectivity index (χ0) is 14.5. The van der Waals surface area contributed by atoms with Crippen molar-refractivity contribution in [2.75, 3.05) is 13.2 Å². The lowest BCUT2D eigenvalue weighted by Crippen LogP contribution is -2.46. The van der Waals surface area contributed by atoms with Crippen LogP contribution in [0.2, 0.25) is 18.1 Å². The third-order valence-electron chi connectivity index (χ3n) is 4.63. The number of fused-ring (bicyclic) bond motifs is 1. The third kappa shape index (κ3) is 3.21. The molecule has 2 aliphatic heterocycles. The Kier molecular flexibility index (Phi) is 3.91. The van der Waals surface area contributed by atoms with Crippen molar-refractivity contribution in [2.45, 2.75) is 76.8 Å². The maximum absolute atomic E-state index is 6.30. The van der Waals surface area contributed by atoms with Gasteiger partial charge >= 0.3 is 0 Å². The molecule has 112 valence electrons. The molecule has 2 aliphatic rings. The van der Waals surface area contributed by atoms with Crippen molar-refractivity contribution in [3.63, 3.8) is 0 Å². The second-order valence-corrected chi connectivity index (χ2v) is 12.5. The van der Waals surface area contributed by atoms with E-state index in [1.54, 1.807) is 0 Å². The second kappa shape index (κ2) is 4.81. The molecule has 2 unspecified atom stereocenters. The summed E-state index contributed by atoms with van der Waals surface area (Å²) in [6, 6.07) is 0.251. The molecule has 2 saturated heterocycles. The van der Waals surface area contributed by atoms with Gasteiger partial charge in [0, 0.05) is 6.54 Å². The first-order valence-electron chi connectivity index (χ1n) is 7.25. The van der Waals surface area contributed by atoms with Gasteiger partial charge < -0.3 is 19.2 Å². The highest BCUT2D eigenvalue weighted by molar-refractivity contribution is 6.74. The Labute approximate surface area is 118 Å². The Hall–Kier alpha value is 0.0569. The largest absolute Gasteiger partial charge is 0.415 e. The molecule has 19 heavy (non-hydrogen) atoms. The van der Waals surface area contributed by atoms with Crippen LogP contribution in [0.15, 0.2) is 0 Å². The average molecular weight is 287 g/mol. The van der Waals surface area contributed by atoms with E-state index in [4.69, 9.17) is 13.9 Å². The summed E-state index contributed by atoms with van der Waals surface area (Å²) in [4.78, 5) is 0. The summed E-state index contributed by atoms with van der Waals surface area (Å²) in [6.07, 6.45) is 0.294. The molecule has 4 nitrogen and oxygen atoms in total. The van der Waals surface area contributed by atoms with Crippen molar-refractivity contribution >= 4 is 8.32 Å². The molecule has 2 fully saturated rings. The average Bonchev–Trinajstić information content (AvgIpc) is 2.68. The minimum Gasteiger partial charge on any atom is -0.415 e. The molecular formula is C14H29NO3Si. The molecule has 0 amide bonds. The smallest absolute Gasteiger partial charge is 0.192 e. The van der Waals surface area contributed by atoms with Gasteiger partial charge in [0.05, 0.1) is 12.6 Å². The lowest BCUT2D eigenvalue weighted by Gasteiger charge is -2.37. The first kappa shape index (κ1) is 15.4. The van der Waals surface area contributed by atoms with Gasteiger partial charge in [0.1, 0.15) is 12.2 Å². The van der Waals surface area contributed by atoms with E-state index in [1.807, 2.05) is 13.8 Å². The molecule has 0 aromatic carbocycles.